The number of halogens is 3. The molecule has 1 aromatic rings. The average molecular weight is 478 g/mol. The number of nitrogens with one attached hydrogen (secondary N) is 2. The number of carbonyl (C=O) groups excluding carboxylic acids is 2. The summed E-state index contributed by atoms with van der Waals surface area (Å²) in [5, 5.41) is 15.0. The molecule has 2 saturated heterocycles. The Morgan fingerprint density at radius 1 is 1.15 bits per heavy atom. The molecule has 0 unspecified atom stereocenters. The van der Waals surface area contributed by atoms with Crippen molar-refractivity contribution in [3.63, 3.8) is 0 Å². The van der Waals surface area contributed by atoms with Gasteiger partial charge in [-0.05, 0) is 62.6 Å². The summed E-state index contributed by atoms with van der Waals surface area (Å²) in [4.78, 5) is 28.9. The highest BCUT2D eigenvalue weighted by Gasteiger charge is 2.44. The maximum absolute atomic E-state index is 13.5. The Balaban J connectivity index is 1.53. The number of nitriles is 1. The van der Waals surface area contributed by atoms with Crippen molar-refractivity contribution < 1.29 is 22.8 Å². The van der Waals surface area contributed by atoms with E-state index in [2.05, 4.69) is 10.6 Å². The van der Waals surface area contributed by atoms with Gasteiger partial charge in [0.2, 0.25) is 5.91 Å². The van der Waals surface area contributed by atoms with Crippen LogP contribution in [0.1, 0.15) is 43.7 Å². The number of anilines is 1. The van der Waals surface area contributed by atoms with Gasteiger partial charge in [-0.25, -0.2) is 4.79 Å². The highest BCUT2D eigenvalue weighted by molar-refractivity contribution is 5.81. The van der Waals surface area contributed by atoms with Crippen molar-refractivity contribution >= 4 is 17.6 Å². The van der Waals surface area contributed by atoms with Gasteiger partial charge in [0.25, 0.3) is 0 Å². The zero-order valence-corrected chi connectivity index (χ0v) is 19.2. The first-order chi connectivity index (χ1) is 16.2. The van der Waals surface area contributed by atoms with Gasteiger partial charge >= 0.3 is 12.2 Å². The lowest BCUT2D eigenvalue weighted by Crippen LogP contribution is -2.46. The maximum Gasteiger partial charge on any atom is 0.417 e. The fourth-order valence-corrected chi connectivity index (χ4v) is 5.19. The van der Waals surface area contributed by atoms with E-state index in [4.69, 9.17) is 5.26 Å². The third kappa shape index (κ3) is 5.24. The predicted octanol–water partition coefficient (Wildman–Crippen LogP) is 3.35. The summed E-state index contributed by atoms with van der Waals surface area (Å²) in [5.74, 6) is -0.177. The van der Waals surface area contributed by atoms with Crippen LogP contribution in [0.25, 0.3) is 0 Å². The number of hydrogen-bond donors (Lipinski definition) is 2. The molecule has 2 atom stereocenters. The van der Waals surface area contributed by atoms with Crippen LogP contribution in [0.2, 0.25) is 0 Å². The molecule has 0 radical (unpaired) electrons. The standard InChI is InChI=1S/C24H30F3N5O2/c1-2-29-23(34)31-9-7-15(8-10-31)19-13-32(14-20(19)22(33)30-17-4-5-17)18-6-3-16(12-28)21(11-18)24(25,26)27/h3,6,11,15,17,19-20H,2,4-5,7-10,13-14H2,1H3,(H,29,34)(H,30,33)/t19-,20+/m0/s1. The molecule has 184 valence electrons. The number of piperidine rings is 1. The van der Waals surface area contributed by atoms with Crippen molar-refractivity contribution in [2.75, 3.05) is 37.6 Å². The Morgan fingerprint density at radius 2 is 1.85 bits per heavy atom. The van der Waals surface area contributed by atoms with Crippen LogP contribution < -0.4 is 15.5 Å². The summed E-state index contributed by atoms with van der Waals surface area (Å²) in [6, 6.07) is 5.49. The molecule has 2 heterocycles. The minimum absolute atomic E-state index is 0.0138. The molecule has 2 aliphatic heterocycles. The molecule has 34 heavy (non-hydrogen) atoms. The van der Waals surface area contributed by atoms with Gasteiger partial charge in [-0.15, -0.1) is 0 Å². The molecule has 1 aliphatic carbocycles. The topological polar surface area (TPSA) is 88.5 Å². The summed E-state index contributed by atoms with van der Waals surface area (Å²) >= 11 is 0. The van der Waals surface area contributed by atoms with Crippen molar-refractivity contribution in [1.82, 2.24) is 15.5 Å². The maximum atomic E-state index is 13.5. The first-order valence-electron chi connectivity index (χ1n) is 11.9. The largest absolute Gasteiger partial charge is 0.417 e. The molecule has 3 aliphatic rings. The molecule has 0 bridgehead atoms. The second-order valence-electron chi connectivity index (χ2n) is 9.46. The summed E-state index contributed by atoms with van der Waals surface area (Å²) in [5.41, 5.74) is -0.990. The fraction of sp³-hybridized carbons (Fsp3) is 0.625. The highest BCUT2D eigenvalue weighted by Crippen LogP contribution is 2.40. The summed E-state index contributed by atoms with van der Waals surface area (Å²) in [6.07, 6.45) is -1.20. The van der Waals surface area contributed by atoms with Gasteiger partial charge in [-0.1, -0.05) is 0 Å². The molecule has 3 fully saturated rings. The van der Waals surface area contributed by atoms with Crippen LogP contribution in [0.4, 0.5) is 23.7 Å². The van der Waals surface area contributed by atoms with E-state index >= 15 is 0 Å². The van der Waals surface area contributed by atoms with E-state index in [0.29, 0.717) is 38.4 Å². The van der Waals surface area contributed by atoms with E-state index in [-0.39, 0.29) is 35.7 Å². The number of benzene rings is 1. The SMILES string of the molecule is CCNC(=O)N1CCC([C@@H]2CN(c3ccc(C#N)c(C(F)(F)F)c3)C[C@H]2C(=O)NC2CC2)CC1. The van der Waals surface area contributed by atoms with E-state index in [1.807, 2.05) is 11.8 Å². The van der Waals surface area contributed by atoms with E-state index in [1.165, 1.54) is 12.1 Å². The number of nitrogens with zero attached hydrogens (tertiary/aromatic N) is 3. The minimum Gasteiger partial charge on any atom is -0.370 e. The van der Waals surface area contributed by atoms with Crippen molar-refractivity contribution in [1.29, 1.82) is 5.26 Å². The van der Waals surface area contributed by atoms with Crippen LogP contribution in [0.5, 0.6) is 0 Å². The number of urea groups is 1. The summed E-state index contributed by atoms with van der Waals surface area (Å²) < 4.78 is 40.5. The van der Waals surface area contributed by atoms with Crippen LogP contribution in [-0.4, -0.2) is 55.6 Å². The molecule has 0 spiro atoms. The number of hydrogen-bond acceptors (Lipinski definition) is 4. The van der Waals surface area contributed by atoms with Gasteiger partial charge in [0.05, 0.1) is 23.1 Å². The van der Waals surface area contributed by atoms with Crippen LogP contribution in [0.15, 0.2) is 18.2 Å². The lowest BCUT2D eigenvalue weighted by molar-refractivity contribution is -0.137. The molecule has 4 rings (SSSR count). The Labute approximate surface area is 197 Å². The number of likely N-dealkylation sites (tertiary alicyclic amines) is 1. The molecule has 7 nitrogen and oxygen atoms in total. The van der Waals surface area contributed by atoms with Crippen molar-refractivity contribution in [2.45, 2.75) is 44.8 Å². The molecule has 1 saturated carbocycles. The summed E-state index contributed by atoms with van der Waals surface area (Å²) in [7, 11) is 0. The molecule has 2 N–H and O–H groups in total. The summed E-state index contributed by atoms with van der Waals surface area (Å²) in [6.45, 7) is 4.43. The Morgan fingerprint density at radius 3 is 2.44 bits per heavy atom. The highest BCUT2D eigenvalue weighted by atomic mass is 19.4. The monoisotopic (exact) mass is 477 g/mol. The number of carbonyl (C=O) groups is 2. The quantitative estimate of drug-likeness (QED) is 0.681. The first kappa shape index (κ1) is 24.2. The van der Waals surface area contributed by atoms with Crippen molar-refractivity contribution in [2.24, 2.45) is 17.8 Å². The Kier molecular flexibility index (Phi) is 6.91. The number of rotatable bonds is 5. The van der Waals surface area contributed by atoms with Gasteiger partial charge < -0.3 is 20.4 Å². The fourth-order valence-electron chi connectivity index (χ4n) is 5.19. The van der Waals surface area contributed by atoms with Gasteiger partial charge in [0, 0.05) is 44.5 Å². The van der Waals surface area contributed by atoms with Gasteiger partial charge in [-0.2, -0.15) is 18.4 Å². The zero-order chi connectivity index (χ0) is 24.5. The van der Waals surface area contributed by atoms with Gasteiger partial charge in [0.1, 0.15) is 0 Å². The minimum atomic E-state index is -4.63. The number of alkyl halides is 3. The van der Waals surface area contributed by atoms with Crippen molar-refractivity contribution in [3.05, 3.63) is 29.3 Å². The molecule has 1 aromatic carbocycles. The van der Waals surface area contributed by atoms with E-state index in [9.17, 15) is 22.8 Å². The van der Waals surface area contributed by atoms with Gasteiger partial charge in [0.15, 0.2) is 0 Å². The van der Waals surface area contributed by atoms with Gasteiger partial charge in [-0.3, -0.25) is 4.79 Å². The molecule has 0 aromatic heterocycles. The lowest BCUT2D eigenvalue weighted by Gasteiger charge is -2.36. The average Bonchev–Trinajstić information content (AvgIpc) is 3.52. The Hall–Kier alpha value is -2.96. The van der Waals surface area contributed by atoms with E-state index < -0.39 is 17.3 Å². The van der Waals surface area contributed by atoms with Crippen molar-refractivity contribution in [3.8, 4) is 6.07 Å². The number of amides is 3. The van der Waals surface area contributed by atoms with Crippen LogP contribution in [0.3, 0.4) is 0 Å². The normalized spacial score (nSPS) is 23.5. The smallest absolute Gasteiger partial charge is 0.370 e. The molecular weight excluding hydrogens is 447 g/mol. The molecule has 10 heteroatoms. The third-order valence-electron chi connectivity index (χ3n) is 7.18. The molecule has 3 amide bonds. The Bertz CT molecular complexity index is 964. The van der Waals surface area contributed by atoms with E-state index in [0.717, 1.165) is 31.7 Å². The second kappa shape index (κ2) is 9.72. The second-order valence-corrected chi connectivity index (χ2v) is 9.46. The van der Waals surface area contributed by atoms with Crippen LogP contribution >= 0.6 is 0 Å². The van der Waals surface area contributed by atoms with Crippen LogP contribution in [0, 0.1) is 29.1 Å². The van der Waals surface area contributed by atoms with Crippen LogP contribution in [-0.2, 0) is 11.0 Å². The zero-order valence-electron chi connectivity index (χ0n) is 19.2. The predicted molar refractivity (Wildman–Crippen MR) is 120 cm³/mol. The third-order valence-corrected chi connectivity index (χ3v) is 7.18. The first-order valence-corrected chi connectivity index (χ1v) is 11.9. The van der Waals surface area contributed by atoms with E-state index in [1.54, 1.807) is 11.0 Å². The lowest BCUT2D eigenvalue weighted by atomic mass is 9.78. The molecular formula is C24H30F3N5O2.